The summed E-state index contributed by atoms with van der Waals surface area (Å²) in [5.41, 5.74) is 4.92. The van der Waals surface area contributed by atoms with Gasteiger partial charge in [-0.15, -0.1) is 11.3 Å². The van der Waals surface area contributed by atoms with E-state index in [9.17, 15) is 13.7 Å². The number of oxazole rings is 1. The largest absolute Gasteiger partial charge is 0.486 e. The van der Waals surface area contributed by atoms with Gasteiger partial charge in [0.05, 0.1) is 20.6 Å². The summed E-state index contributed by atoms with van der Waals surface area (Å²) >= 11 is 1.40. The molecule has 40 heavy (non-hydrogen) atoms. The Morgan fingerprint density at radius 3 is 2.62 bits per heavy atom. The first-order valence-corrected chi connectivity index (χ1v) is 14.9. The van der Waals surface area contributed by atoms with E-state index in [1.165, 1.54) is 21.2 Å². The van der Waals surface area contributed by atoms with Crippen LogP contribution in [0.5, 0.6) is 5.75 Å². The van der Waals surface area contributed by atoms with Gasteiger partial charge in [-0.3, -0.25) is 0 Å². The van der Waals surface area contributed by atoms with Gasteiger partial charge in [-0.05, 0) is 67.4 Å². The second-order valence-electron chi connectivity index (χ2n) is 9.46. The van der Waals surface area contributed by atoms with Gasteiger partial charge in [-0.1, -0.05) is 6.07 Å². The fourth-order valence-corrected chi connectivity index (χ4v) is 6.75. The quantitative estimate of drug-likeness (QED) is 0.260. The van der Waals surface area contributed by atoms with Crippen molar-refractivity contribution in [2.45, 2.75) is 25.3 Å². The van der Waals surface area contributed by atoms with Gasteiger partial charge in [0.1, 0.15) is 24.2 Å². The minimum atomic E-state index is -3.67. The Morgan fingerprint density at radius 1 is 1.02 bits per heavy atom. The summed E-state index contributed by atoms with van der Waals surface area (Å²) in [6.07, 6.45) is 0. The minimum absolute atomic E-state index is 0.117. The molecule has 10 nitrogen and oxygen atoms in total. The summed E-state index contributed by atoms with van der Waals surface area (Å²) in [5, 5.41) is 9.71. The molecule has 1 saturated heterocycles. The SMILES string of the molecule is Cc1ccc(OCc2ccc(-c3nc(C#N)c(N4CCN(S(=O)(=O)c5ccc6ncsc6c5)CC4)o3)o2)cc1C. The molecule has 0 N–H and O–H groups in total. The van der Waals surface area contributed by atoms with Crippen LogP contribution in [0, 0.1) is 25.2 Å². The maximum Gasteiger partial charge on any atom is 0.266 e. The molecule has 0 atom stereocenters. The molecule has 1 aliphatic heterocycles. The number of hydrogen-bond donors (Lipinski definition) is 0. The number of hydrogen-bond acceptors (Lipinski definition) is 10. The van der Waals surface area contributed by atoms with Gasteiger partial charge in [-0.25, -0.2) is 13.4 Å². The molecule has 6 rings (SSSR count). The van der Waals surface area contributed by atoms with E-state index in [2.05, 4.69) is 16.0 Å². The van der Waals surface area contributed by atoms with Crippen LogP contribution >= 0.6 is 11.3 Å². The van der Waals surface area contributed by atoms with Crippen LogP contribution in [-0.4, -0.2) is 48.9 Å². The maximum absolute atomic E-state index is 13.3. The molecule has 2 aromatic carbocycles. The van der Waals surface area contributed by atoms with Crippen molar-refractivity contribution in [1.82, 2.24) is 14.3 Å². The fraction of sp³-hybridized carbons (Fsp3) is 0.250. The first-order chi connectivity index (χ1) is 19.3. The third kappa shape index (κ3) is 4.95. The van der Waals surface area contributed by atoms with Gasteiger partial charge in [0.2, 0.25) is 21.6 Å². The van der Waals surface area contributed by atoms with Crippen LogP contribution in [-0.2, 0) is 16.6 Å². The molecule has 12 heteroatoms. The number of ether oxygens (including phenoxy) is 1. The van der Waals surface area contributed by atoms with Crippen molar-refractivity contribution in [3.05, 3.63) is 76.6 Å². The molecule has 0 spiro atoms. The molecule has 0 unspecified atom stereocenters. The first kappa shape index (κ1) is 26.1. The van der Waals surface area contributed by atoms with Gasteiger partial charge in [0, 0.05) is 26.2 Å². The summed E-state index contributed by atoms with van der Waals surface area (Å²) in [7, 11) is -3.67. The molecule has 3 aromatic heterocycles. The van der Waals surface area contributed by atoms with Gasteiger partial charge in [0.25, 0.3) is 5.89 Å². The Bertz CT molecular complexity index is 1840. The number of aryl methyl sites for hydroxylation is 2. The molecular formula is C28H25N5O5S2. The van der Waals surface area contributed by atoms with E-state index in [-0.39, 0.29) is 36.2 Å². The number of furan rings is 1. The second-order valence-corrected chi connectivity index (χ2v) is 12.3. The predicted molar refractivity (Wildman–Crippen MR) is 150 cm³/mol. The average molecular weight is 576 g/mol. The van der Waals surface area contributed by atoms with E-state index in [1.54, 1.807) is 35.8 Å². The van der Waals surface area contributed by atoms with E-state index in [0.717, 1.165) is 21.5 Å². The van der Waals surface area contributed by atoms with Crippen molar-refractivity contribution in [3.8, 4) is 23.5 Å². The zero-order valence-corrected chi connectivity index (χ0v) is 23.5. The standard InChI is InChI=1S/C28H25N5O5S2/c1-18-3-4-20(13-19(18)2)36-16-21-5-8-25(37-21)27-31-24(15-29)28(38-27)32-9-11-33(12-10-32)40(34,35)22-6-7-23-26(14-22)39-17-30-23/h3-8,13-14,17H,9-12,16H2,1-2H3. The minimum Gasteiger partial charge on any atom is -0.486 e. The number of anilines is 1. The van der Waals surface area contributed by atoms with Crippen LogP contribution in [0.3, 0.4) is 0 Å². The Morgan fingerprint density at radius 2 is 1.85 bits per heavy atom. The summed E-state index contributed by atoms with van der Waals surface area (Å²) in [6, 6.07) is 16.4. The van der Waals surface area contributed by atoms with E-state index in [0.29, 0.717) is 30.5 Å². The Labute approximate surface area is 235 Å². The smallest absolute Gasteiger partial charge is 0.266 e. The number of aromatic nitrogens is 2. The third-order valence-electron chi connectivity index (χ3n) is 6.91. The van der Waals surface area contributed by atoms with Crippen molar-refractivity contribution in [1.29, 1.82) is 5.26 Å². The summed E-state index contributed by atoms with van der Waals surface area (Å²) in [4.78, 5) is 10.6. The molecule has 4 heterocycles. The average Bonchev–Trinajstić information content (AvgIpc) is 3.72. The maximum atomic E-state index is 13.3. The van der Waals surface area contributed by atoms with Gasteiger partial charge in [0.15, 0.2) is 5.76 Å². The lowest BCUT2D eigenvalue weighted by molar-refractivity contribution is 0.271. The number of piperazine rings is 1. The van der Waals surface area contributed by atoms with Crippen molar-refractivity contribution in [2.75, 3.05) is 31.1 Å². The number of rotatable bonds is 7. The van der Waals surface area contributed by atoms with Crippen LogP contribution in [0.4, 0.5) is 5.88 Å². The highest BCUT2D eigenvalue weighted by molar-refractivity contribution is 7.89. The summed E-state index contributed by atoms with van der Waals surface area (Å²) < 4.78 is 46.5. The van der Waals surface area contributed by atoms with Crippen LogP contribution in [0.15, 0.2) is 67.8 Å². The van der Waals surface area contributed by atoms with Crippen molar-refractivity contribution < 1.29 is 22.0 Å². The lowest BCUT2D eigenvalue weighted by Crippen LogP contribution is -2.48. The van der Waals surface area contributed by atoms with E-state index < -0.39 is 10.0 Å². The normalized spacial score (nSPS) is 14.5. The van der Waals surface area contributed by atoms with Crippen molar-refractivity contribution in [3.63, 3.8) is 0 Å². The van der Waals surface area contributed by atoms with Gasteiger partial charge in [-0.2, -0.15) is 14.6 Å². The molecule has 204 valence electrons. The number of nitrogens with zero attached hydrogens (tertiary/aromatic N) is 5. The molecule has 0 aliphatic carbocycles. The molecule has 0 bridgehead atoms. The highest BCUT2D eigenvalue weighted by Crippen LogP contribution is 2.31. The molecule has 5 aromatic rings. The molecule has 0 saturated carbocycles. The van der Waals surface area contributed by atoms with Crippen LogP contribution in [0.25, 0.3) is 21.9 Å². The third-order valence-corrected chi connectivity index (χ3v) is 9.60. The van der Waals surface area contributed by atoms with Crippen molar-refractivity contribution in [2.24, 2.45) is 0 Å². The van der Waals surface area contributed by atoms with Crippen LogP contribution in [0.2, 0.25) is 0 Å². The van der Waals surface area contributed by atoms with E-state index in [4.69, 9.17) is 13.6 Å². The Hall–Kier alpha value is -4.18. The number of sulfonamides is 1. The lowest BCUT2D eigenvalue weighted by Gasteiger charge is -2.33. The molecule has 1 fully saturated rings. The molecular weight excluding hydrogens is 550 g/mol. The number of benzene rings is 2. The van der Waals surface area contributed by atoms with Crippen LogP contribution < -0.4 is 9.64 Å². The molecule has 0 amide bonds. The Kier molecular flexibility index (Phi) is 6.79. The number of nitriles is 1. The number of thiazole rings is 1. The van der Waals surface area contributed by atoms with E-state index in [1.807, 2.05) is 36.9 Å². The first-order valence-electron chi connectivity index (χ1n) is 12.6. The zero-order valence-electron chi connectivity index (χ0n) is 21.8. The lowest BCUT2D eigenvalue weighted by atomic mass is 10.1. The van der Waals surface area contributed by atoms with Gasteiger partial charge < -0.3 is 18.5 Å². The summed E-state index contributed by atoms with van der Waals surface area (Å²) in [6.45, 7) is 5.48. The number of fused-ring (bicyclic) bond motifs is 1. The highest BCUT2D eigenvalue weighted by Gasteiger charge is 2.31. The predicted octanol–water partition coefficient (Wildman–Crippen LogP) is 5.12. The Balaban J connectivity index is 1.13. The molecule has 0 radical (unpaired) electrons. The van der Waals surface area contributed by atoms with E-state index >= 15 is 0 Å². The van der Waals surface area contributed by atoms with Crippen LogP contribution in [0.1, 0.15) is 22.6 Å². The van der Waals surface area contributed by atoms with Crippen molar-refractivity contribution >= 4 is 37.5 Å². The molecule has 1 aliphatic rings. The van der Waals surface area contributed by atoms with Gasteiger partial charge >= 0.3 is 0 Å². The fourth-order valence-electron chi connectivity index (χ4n) is 4.51. The topological polar surface area (TPSA) is 126 Å². The zero-order chi connectivity index (χ0) is 27.9. The monoisotopic (exact) mass is 575 g/mol. The highest BCUT2D eigenvalue weighted by atomic mass is 32.2. The second kappa shape index (κ2) is 10.4. The summed E-state index contributed by atoms with van der Waals surface area (Å²) in [5.74, 6) is 2.18.